The normalized spacial score (nSPS) is 9.93. The first-order valence-electron chi connectivity index (χ1n) is 4.86. The Bertz CT molecular complexity index is 329. The Morgan fingerprint density at radius 3 is 2.71 bits per heavy atom. The lowest BCUT2D eigenvalue weighted by molar-refractivity contribution is -0.116. The van der Waals surface area contributed by atoms with E-state index in [1.54, 1.807) is 6.92 Å². The largest absolute Gasteiger partial charge is 0.494 e. The highest BCUT2D eigenvalue weighted by Gasteiger charge is 2.08. The SMILES string of the molecule is CCOc1cccc(C)c1CC(C)=O. The van der Waals surface area contributed by atoms with Crippen LogP contribution in [0.5, 0.6) is 5.75 Å². The average Bonchev–Trinajstić information content (AvgIpc) is 2.11. The van der Waals surface area contributed by atoms with E-state index < -0.39 is 0 Å². The number of carbonyl (C=O) groups excluding carboxylic acids is 1. The number of Topliss-reactive ketones (excluding diaryl/α,β-unsaturated/α-hetero) is 1. The van der Waals surface area contributed by atoms with Crippen LogP contribution in [0.15, 0.2) is 18.2 Å². The minimum atomic E-state index is 0.167. The van der Waals surface area contributed by atoms with Gasteiger partial charge in [-0.15, -0.1) is 0 Å². The number of hydrogen-bond acceptors (Lipinski definition) is 2. The van der Waals surface area contributed by atoms with E-state index in [0.717, 1.165) is 16.9 Å². The molecule has 2 nitrogen and oxygen atoms in total. The summed E-state index contributed by atoms with van der Waals surface area (Å²) in [6, 6.07) is 5.86. The molecule has 0 fully saturated rings. The standard InChI is InChI=1S/C12H16O2/c1-4-14-12-7-5-6-9(2)11(12)8-10(3)13/h5-7H,4,8H2,1-3H3. The van der Waals surface area contributed by atoms with Gasteiger partial charge in [-0.3, -0.25) is 4.79 Å². The van der Waals surface area contributed by atoms with Gasteiger partial charge in [-0.2, -0.15) is 0 Å². The Balaban J connectivity index is 3.02. The van der Waals surface area contributed by atoms with E-state index in [0.29, 0.717) is 13.0 Å². The molecule has 2 heteroatoms. The lowest BCUT2D eigenvalue weighted by Crippen LogP contribution is -2.03. The van der Waals surface area contributed by atoms with Crippen molar-refractivity contribution in [2.45, 2.75) is 27.2 Å². The molecule has 0 spiro atoms. The van der Waals surface area contributed by atoms with Crippen molar-refractivity contribution in [1.29, 1.82) is 0 Å². The van der Waals surface area contributed by atoms with Crippen LogP contribution in [0.3, 0.4) is 0 Å². The molecule has 14 heavy (non-hydrogen) atoms. The first-order valence-corrected chi connectivity index (χ1v) is 4.86. The lowest BCUT2D eigenvalue weighted by Gasteiger charge is -2.11. The van der Waals surface area contributed by atoms with Crippen molar-refractivity contribution >= 4 is 5.78 Å². The van der Waals surface area contributed by atoms with Gasteiger partial charge >= 0.3 is 0 Å². The zero-order chi connectivity index (χ0) is 10.6. The second kappa shape index (κ2) is 4.80. The quantitative estimate of drug-likeness (QED) is 0.732. The Kier molecular flexibility index (Phi) is 3.69. The fraction of sp³-hybridized carbons (Fsp3) is 0.417. The van der Waals surface area contributed by atoms with E-state index in [1.165, 1.54) is 0 Å². The molecule has 0 aliphatic rings. The highest BCUT2D eigenvalue weighted by Crippen LogP contribution is 2.22. The number of benzene rings is 1. The summed E-state index contributed by atoms with van der Waals surface area (Å²) in [5, 5.41) is 0. The first kappa shape index (κ1) is 10.8. The molecule has 0 N–H and O–H groups in total. The first-order chi connectivity index (χ1) is 6.65. The Morgan fingerprint density at radius 1 is 1.43 bits per heavy atom. The van der Waals surface area contributed by atoms with Gasteiger partial charge in [0.1, 0.15) is 11.5 Å². The summed E-state index contributed by atoms with van der Waals surface area (Å²) in [6.45, 7) is 6.18. The van der Waals surface area contributed by atoms with Gasteiger partial charge in [0.2, 0.25) is 0 Å². The Labute approximate surface area is 84.9 Å². The van der Waals surface area contributed by atoms with Crippen molar-refractivity contribution in [2.75, 3.05) is 6.61 Å². The summed E-state index contributed by atoms with van der Waals surface area (Å²) in [5.74, 6) is 1.00. The van der Waals surface area contributed by atoms with Gasteiger partial charge < -0.3 is 4.74 Å². The molecule has 0 aliphatic heterocycles. The zero-order valence-electron chi connectivity index (χ0n) is 8.96. The van der Waals surface area contributed by atoms with Gasteiger partial charge in [0, 0.05) is 12.0 Å². The summed E-state index contributed by atoms with van der Waals surface area (Å²) in [7, 11) is 0. The van der Waals surface area contributed by atoms with Crippen LogP contribution in [-0.4, -0.2) is 12.4 Å². The molecular weight excluding hydrogens is 176 g/mol. The highest BCUT2D eigenvalue weighted by molar-refractivity contribution is 5.79. The number of hydrogen-bond donors (Lipinski definition) is 0. The highest BCUT2D eigenvalue weighted by atomic mass is 16.5. The molecule has 0 aliphatic carbocycles. The van der Waals surface area contributed by atoms with Crippen molar-refractivity contribution in [3.8, 4) is 5.75 Å². The topological polar surface area (TPSA) is 26.3 Å². The summed E-state index contributed by atoms with van der Waals surface area (Å²) in [5.41, 5.74) is 2.13. The average molecular weight is 192 g/mol. The number of rotatable bonds is 4. The summed E-state index contributed by atoms with van der Waals surface area (Å²) in [6.07, 6.45) is 0.460. The molecular formula is C12H16O2. The minimum Gasteiger partial charge on any atom is -0.494 e. The smallest absolute Gasteiger partial charge is 0.134 e. The van der Waals surface area contributed by atoms with Crippen molar-refractivity contribution < 1.29 is 9.53 Å². The van der Waals surface area contributed by atoms with Crippen molar-refractivity contribution in [3.63, 3.8) is 0 Å². The van der Waals surface area contributed by atoms with Gasteiger partial charge in [-0.1, -0.05) is 12.1 Å². The van der Waals surface area contributed by atoms with E-state index in [1.807, 2.05) is 32.0 Å². The van der Waals surface area contributed by atoms with Crippen LogP contribution in [0.25, 0.3) is 0 Å². The third kappa shape index (κ3) is 2.59. The molecule has 0 saturated heterocycles. The predicted molar refractivity (Wildman–Crippen MR) is 56.7 cm³/mol. The lowest BCUT2D eigenvalue weighted by atomic mass is 10.0. The van der Waals surface area contributed by atoms with E-state index in [4.69, 9.17) is 4.74 Å². The molecule has 0 unspecified atom stereocenters. The van der Waals surface area contributed by atoms with Crippen LogP contribution < -0.4 is 4.74 Å². The van der Waals surface area contributed by atoms with Crippen LogP contribution >= 0.6 is 0 Å². The van der Waals surface area contributed by atoms with Crippen molar-refractivity contribution in [1.82, 2.24) is 0 Å². The second-order valence-electron chi connectivity index (χ2n) is 3.36. The van der Waals surface area contributed by atoms with E-state index in [2.05, 4.69) is 0 Å². The number of ether oxygens (including phenoxy) is 1. The number of ketones is 1. The summed E-state index contributed by atoms with van der Waals surface area (Å²) >= 11 is 0. The maximum absolute atomic E-state index is 11.1. The number of carbonyl (C=O) groups is 1. The molecule has 1 aromatic carbocycles. The van der Waals surface area contributed by atoms with Crippen LogP contribution in [-0.2, 0) is 11.2 Å². The van der Waals surface area contributed by atoms with Crippen LogP contribution in [0.1, 0.15) is 25.0 Å². The summed E-state index contributed by atoms with van der Waals surface area (Å²) in [4.78, 5) is 11.1. The van der Waals surface area contributed by atoms with Gasteiger partial charge in [-0.25, -0.2) is 0 Å². The van der Waals surface area contributed by atoms with Crippen LogP contribution in [0, 0.1) is 6.92 Å². The van der Waals surface area contributed by atoms with Crippen LogP contribution in [0.2, 0.25) is 0 Å². The molecule has 0 radical (unpaired) electrons. The molecule has 76 valence electrons. The van der Waals surface area contributed by atoms with Gasteiger partial charge in [0.15, 0.2) is 0 Å². The summed E-state index contributed by atoms with van der Waals surface area (Å²) < 4.78 is 5.47. The zero-order valence-corrected chi connectivity index (χ0v) is 8.96. The minimum absolute atomic E-state index is 0.167. The third-order valence-corrected chi connectivity index (χ3v) is 2.09. The molecule has 1 aromatic rings. The van der Waals surface area contributed by atoms with Gasteiger partial charge in [0.25, 0.3) is 0 Å². The second-order valence-corrected chi connectivity index (χ2v) is 3.36. The maximum atomic E-state index is 11.1. The molecule has 0 heterocycles. The van der Waals surface area contributed by atoms with E-state index in [-0.39, 0.29) is 5.78 Å². The van der Waals surface area contributed by atoms with Crippen molar-refractivity contribution in [3.05, 3.63) is 29.3 Å². The fourth-order valence-electron chi connectivity index (χ4n) is 1.44. The van der Waals surface area contributed by atoms with E-state index in [9.17, 15) is 4.79 Å². The molecule has 0 amide bonds. The van der Waals surface area contributed by atoms with Crippen molar-refractivity contribution in [2.24, 2.45) is 0 Å². The molecule has 0 atom stereocenters. The maximum Gasteiger partial charge on any atom is 0.134 e. The third-order valence-electron chi connectivity index (χ3n) is 2.09. The Morgan fingerprint density at radius 2 is 2.14 bits per heavy atom. The van der Waals surface area contributed by atoms with Gasteiger partial charge in [0.05, 0.1) is 6.61 Å². The molecule has 0 saturated carbocycles. The predicted octanol–water partition coefficient (Wildman–Crippen LogP) is 2.53. The Hall–Kier alpha value is -1.31. The van der Waals surface area contributed by atoms with Crippen LogP contribution in [0.4, 0.5) is 0 Å². The fourth-order valence-corrected chi connectivity index (χ4v) is 1.44. The number of aryl methyl sites for hydroxylation is 1. The molecule has 1 rings (SSSR count). The van der Waals surface area contributed by atoms with E-state index >= 15 is 0 Å². The molecule has 0 aromatic heterocycles. The molecule has 0 bridgehead atoms. The monoisotopic (exact) mass is 192 g/mol. The van der Waals surface area contributed by atoms with Gasteiger partial charge in [-0.05, 0) is 32.4 Å².